The Labute approximate surface area is 231 Å². The van der Waals surface area contributed by atoms with Gasteiger partial charge in [0, 0.05) is 60.1 Å². The van der Waals surface area contributed by atoms with Crippen LogP contribution in [0.5, 0.6) is 0 Å². The van der Waals surface area contributed by atoms with E-state index < -0.39 is 27.7 Å². The number of thiol groups is 1. The number of nitrogens with one attached hydrogen (secondary N) is 1. The fraction of sp³-hybridized carbons (Fsp3) is 0.621. The van der Waals surface area contributed by atoms with E-state index in [0.717, 1.165) is 24.3 Å². The molecule has 212 valence electrons. The first-order chi connectivity index (χ1) is 18.5. The molecule has 5 rings (SSSR count). The van der Waals surface area contributed by atoms with Crippen LogP contribution in [0.2, 0.25) is 0 Å². The second kappa shape index (κ2) is 10.3. The number of anilines is 1. The van der Waals surface area contributed by atoms with Crippen LogP contribution >= 0.6 is 0 Å². The van der Waals surface area contributed by atoms with E-state index in [1.54, 1.807) is 7.05 Å². The van der Waals surface area contributed by atoms with Gasteiger partial charge in [-0.05, 0) is 56.4 Å². The Bertz CT molecular complexity index is 1310. The summed E-state index contributed by atoms with van der Waals surface area (Å²) in [6.45, 7) is 7.62. The van der Waals surface area contributed by atoms with Gasteiger partial charge in [-0.3, -0.25) is 9.16 Å². The van der Waals surface area contributed by atoms with Gasteiger partial charge < -0.3 is 19.2 Å². The van der Waals surface area contributed by atoms with Crippen molar-refractivity contribution in [2.45, 2.75) is 75.9 Å². The van der Waals surface area contributed by atoms with Crippen molar-refractivity contribution in [3.8, 4) is 17.4 Å². The number of hydrogen-bond donors (Lipinski definition) is 3. The molecule has 39 heavy (non-hydrogen) atoms. The number of halogens is 1. The summed E-state index contributed by atoms with van der Waals surface area (Å²) in [6.07, 6.45) is 1.17. The van der Waals surface area contributed by atoms with E-state index in [0.29, 0.717) is 54.5 Å². The number of oxazole rings is 1. The summed E-state index contributed by atoms with van der Waals surface area (Å²) in [5.74, 6) is 1.40. The van der Waals surface area contributed by atoms with Crippen LogP contribution in [0.1, 0.15) is 70.4 Å². The van der Waals surface area contributed by atoms with E-state index >= 15 is 0 Å². The maximum atomic E-state index is 14.6. The molecule has 2 aliphatic carbocycles. The van der Waals surface area contributed by atoms with Gasteiger partial charge in [0.25, 0.3) is 0 Å². The molecule has 3 aliphatic rings. The Morgan fingerprint density at radius 2 is 1.92 bits per heavy atom. The Hall–Kier alpha value is -2.77. The number of carbonyl (C=O) groups is 1. The number of alkyl halides is 1. The first kappa shape index (κ1) is 27.8. The highest BCUT2D eigenvalue weighted by Crippen LogP contribution is 2.45. The van der Waals surface area contributed by atoms with Gasteiger partial charge in [-0.2, -0.15) is 5.26 Å². The topological polar surface area (TPSA) is 115 Å². The molecule has 2 heterocycles. The van der Waals surface area contributed by atoms with Crippen molar-refractivity contribution in [1.29, 1.82) is 5.26 Å². The van der Waals surface area contributed by atoms with Crippen molar-refractivity contribution < 1.29 is 18.2 Å². The maximum Gasteiger partial charge on any atom is 0.225 e. The third kappa shape index (κ3) is 5.75. The summed E-state index contributed by atoms with van der Waals surface area (Å²) in [5, 5.41) is 12.4. The third-order valence-corrected chi connectivity index (χ3v) is 11.0. The molecule has 10 heteroatoms. The second-order valence-corrected chi connectivity index (χ2v) is 15.4. The standard InChI is InChI=1S/C29H40FN5O3S/c1-28(2,3)27-33-24(22-10-7-20(30)17-23(22)26(36)34-29(18-31)11-12-29)25(38-27)19-5-8-21(9-6-19)35-13-15-39(37,32-4)16-14-35/h5-6,8-9,20,22-23,39H,7,10-17H2,1-4H3,(H,32,37)(H,34,36)/t20-,22+,23?/m0/s1. The van der Waals surface area contributed by atoms with E-state index in [9.17, 15) is 19.0 Å². The molecule has 1 aromatic carbocycles. The van der Waals surface area contributed by atoms with Gasteiger partial charge in [0.2, 0.25) is 11.8 Å². The number of carbonyl (C=O) groups excluding carboxylic acids is 1. The monoisotopic (exact) mass is 557 g/mol. The van der Waals surface area contributed by atoms with Gasteiger partial charge in [0.15, 0.2) is 5.76 Å². The average molecular weight is 558 g/mol. The molecule has 2 aromatic rings. The lowest BCUT2D eigenvalue weighted by atomic mass is 9.75. The lowest BCUT2D eigenvalue weighted by molar-refractivity contribution is -0.128. The molecule has 1 aromatic heterocycles. The normalized spacial score (nSPS) is 26.8. The number of benzene rings is 1. The molecular formula is C29H40FN5O3S. The highest BCUT2D eigenvalue weighted by molar-refractivity contribution is 8.00. The van der Waals surface area contributed by atoms with E-state index in [1.165, 1.54) is 0 Å². The predicted octanol–water partition coefficient (Wildman–Crippen LogP) is 5.03. The number of amides is 1. The molecule has 1 saturated heterocycles. The van der Waals surface area contributed by atoms with E-state index in [4.69, 9.17) is 9.40 Å². The summed E-state index contributed by atoms with van der Waals surface area (Å²) in [5.41, 5.74) is 1.47. The van der Waals surface area contributed by atoms with Crippen LogP contribution in [-0.4, -0.2) is 58.8 Å². The van der Waals surface area contributed by atoms with E-state index in [2.05, 4.69) is 32.8 Å². The summed E-state index contributed by atoms with van der Waals surface area (Å²) in [6, 6.07) is 10.3. The quantitative estimate of drug-likeness (QED) is 0.445. The lowest BCUT2D eigenvalue weighted by Gasteiger charge is -2.37. The summed E-state index contributed by atoms with van der Waals surface area (Å²) in [4.78, 5) is 20.6. The highest BCUT2D eigenvalue weighted by Gasteiger charge is 2.48. The van der Waals surface area contributed by atoms with Gasteiger partial charge in [-0.15, -0.1) is 10.1 Å². The molecule has 1 amide bonds. The van der Waals surface area contributed by atoms with Crippen molar-refractivity contribution in [3.05, 3.63) is 35.9 Å². The van der Waals surface area contributed by atoms with Crippen LogP contribution in [0.3, 0.4) is 0 Å². The molecule has 0 bridgehead atoms. The molecule has 0 radical (unpaired) electrons. The lowest BCUT2D eigenvalue weighted by Crippen LogP contribution is -2.44. The average Bonchev–Trinajstić information content (AvgIpc) is 3.54. The number of hydrogen-bond acceptors (Lipinski definition) is 6. The fourth-order valence-electron chi connectivity index (χ4n) is 5.63. The van der Waals surface area contributed by atoms with E-state index in [1.807, 2.05) is 32.9 Å². The summed E-state index contributed by atoms with van der Waals surface area (Å²) < 4.78 is 35.8. The number of aromatic nitrogens is 1. The molecule has 0 spiro atoms. The highest BCUT2D eigenvalue weighted by atomic mass is 32.3. The van der Waals surface area contributed by atoms with Crippen LogP contribution in [0.15, 0.2) is 33.0 Å². The van der Waals surface area contributed by atoms with Crippen molar-refractivity contribution in [1.82, 2.24) is 10.3 Å². The Morgan fingerprint density at radius 1 is 1.26 bits per heavy atom. The minimum Gasteiger partial charge on any atom is -0.440 e. The third-order valence-electron chi connectivity index (χ3n) is 8.42. The molecule has 2 N–H and O–H groups in total. The predicted molar refractivity (Wildman–Crippen MR) is 153 cm³/mol. The van der Waals surface area contributed by atoms with Crippen molar-refractivity contribution in [2.75, 3.05) is 36.5 Å². The molecule has 8 nitrogen and oxygen atoms in total. The Kier molecular flexibility index (Phi) is 7.36. The van der Waals surface area contributed by atoms with Crippen LogP contribution < -0.4 is 10.2 Å². The van der Waals surface area contributed by atoms with Crippen LogP contribution in [0, 0.1) is 17.2 Å². The van der Waals surface area contributed by atoms with Gasteiger partial charge in [0.05, 0.1) is 11.8 Å². The molecule has 1 aliphatic heterocycles. The first-order valence-corrected chi connectivity index (χ1v) is 16.0. The van der Waals surface area contributed by atoms with E-state index in [-0.39, 0.29) is 23.7 Å². The molecule has 3 fully saturated rings. The Morgan fingerprint density at radius 3 is 2.49 bits per heavy atom. The largest absolute Gasteiger partial charge is 0.440 e. The molecule has 1 unspecified atom stereocenters. The molecule has 2 saturated carbocycles. The first-order valence-electron chi connectivity index (χ1n) is 13.9. The molecule has 3 atom stereocenters. The summed E-state index contributed by atoms with van der Waals surface area (Å²) in [7, 11) is -0.433. The number of nitrogens with zero attached hydrogens (tertiary/aromatic N) is 4. The zero-order chi connectivity index (χ0) is 28.0. The van der Waals surface area contributed by atoms with Crippen molar-refractivity contribution in [3.63, 3.8) is 0 Å². The van der Waals surface area contributed by atoms with Gasteiger partial charge in [0.1, 0.15) is 11.7 Å². The second-order valence-electron chi connectivity index (χ2n) is 12.3. The fourth-order valence-corrected chi connectivity index (χ4v) is 7.38. The van der Waals surface area contributed by atoms with Crippen LogP contribution in [-0.2, 0) is 20.3 Å². The minimum atomic E-state index is -2.14. The number of rotatable bonds is 5. The zero-order valence-electron chi connectivity index (χ0n) is 23.3. The van der Waals surface area contributed by atoms with Gasteiger partial charge in [-0.1, -0.05) is 20.8 Å². The summed E-state index contributed by atoms with van der Waals surface area (Å²) >= 11 is 0. The van der Waals surface area contributed by atoms with Gasteiger partial charge >= 0.3 is 0 Å². The smallest absolute Gasteiger partial charge is 0.225 e. The van der Waals surface area contributed by atoms with Crippen molar-refractivity contribution >= 4 is 21.7 Å². The SMILES string of the molecule is CN=[SH]1(O)CCN(c2ccc(-c3oc(C(C)(C)C)nc3[C@@H]3CC[C@H](F)CC3C(=O)NC3(C#N)CC3)cc2)CC1. The molecular weight excluding hydrogens is 517 g/mol. The minimum absolute atomic E-state index is 0.113. The zero-order valence-corrected chi connectivity index (χ0v) is 24.2. The number of nitriles is 1. The van der Waals surface area contributed by atoms with Crippen molar-refractivity contribution in [2.24, 2.45) is 10.3 Å². The van der Waals surface area contributed by atoms with Crippen LogP contribution in [0.25, 0.3) is 11.3 Å². The van der Waals surface area contributed by atoms with Gasteiger partial charge in [-0.25, -0.2) is 9.37 Å². The maximum absolute atomic E-state index is 14.6. The Balaban J connectivity index is 1.45. The van der Waals surface area contributed by atoms with Crippen LogP contribution in [0.4, 0.5) is 10.1 Å².